The minimum Gasteiger partial charge on any atom is -0.460 e. The van der Waals surface area contributed by atoms with Crippen molar-refractivity contribution in [3.8, 4) is 0 Å². The Morgan fingerprint density at radius 2 is 2.00 bits per heavy atom. The molecule has 5 nitrogen and oxygen atoms in total. The quantitative estimate of drug-likeness (QED) is 0.427. The topological polar surface area (TPSA) is 74.4 Å². The summed E-state index contributed by atoms with van der Waals surface area (Å²) in [5.74, 6) is -0.519. The van der Waals surface area contributed by atoms with Crippen LogP contribution in [-0.4, -0.2) is 30.2 Å². The van der Waals surface area contributed by atoms with Crippen molar-refractivity contribution in [2.24, 2.45) is 5.73 Å². The molecule has 1 aromatic heterocycles. The van der Waals surface area contributed by atoms with Gasteiger partial charge in [0.1, 0.15) is 23.0 Å². The van der Waals surface area contributed by atoms with E-state index < -0.39 is 12.0 Å². The van der Waals surface area contributed by atoms with Crippen LogP contribution < -0.4 is 5.73 Å². The van der Waals surface area contributed by atoms with Gasteiger partial charge in [0.05, 0.1) is 6.61 Å². The lowest BCUT2D eigenvalue weighted by Crippen LogP contribution is -2.36. The van der Waals surface area contributed by atoms with Gasteiger partial charge in [-0.1, -0.05) is 43.0 Å². The number of carbonyl (C=O) groups is 1. The van der Waals surface area contributed by atoms with Gasteiger partial charge in [-0.05, 0) is 24.1 Å². The largest absolute Gasteiger partial charge is 0.460 e. The number of ether oxygens (including phenoxy) is 2. The fourth-order valence-electron chi connectivity index (χ4n) is 1.59. The second-order valence-electron chi connectivity index (χ2n) is 4.62. The number of halogens is 2. The fraction of sp³-hybridized carbons (Fsp3) is 0.571. The zero-order valence-electron chi connectivity index (χ0n) is 12.0. The molecule has 1 rings (SSSR count). The molecule has 0 unspecified atom stereocenters. The molecule has 0 aliphatic carbocycles. The van der Waals surface area contributed by atoms with E-state index in [1.165, 1.54) is 0 Å². The summed E-state index contributed by atoms with van der Waals surface area (Å²) in [5.41, 5.74) is 6.35. The van der Waals surface area contributed by atoms with Gasteiger partial charge in [-0.3, -0.25) is 4.79 Å². The number of hydrogen-bond acceptors (Lipinski definition) is 5. The van der Waals surface area contributed by atoms with Crippen molar-refractivity contribution < 1.29 is 14.3 Å². The van der Waals surface area contributed by atoms with Gasteiger partial charge in [0, 0.05) is 6.61 Å². The Balaban J connectivity index is 2.29. The number of nitrogens with zero attached hydrogens (tertiary/aromatic N) is 1. The molecular weight excluding hydrogens is 315 g/mol. The molecule has 0 amide bonds. The summed E-state index contributed by atoms with van der Waals surface area (Å²) in [4.78, 5) is 15.5. The van der Waals surface area contributed by atoms with Crippen LogP contribution >= 0.6 is 23.2 Å². The lowest BCUT2D eigenvalue weighted by Gasteiger charge is -2.12. The van der Waals surface area contributed by atoms with Crippen LogP contribution in [-0.2, 0) is 20.9 Å². The molecule has 1 heterocycles. The van der Waals surface area contributed by atoms with Gasteiger partial charge in [0.15, 0.2) is 0 Å². The van der Waals surface area contributed by atoms with Gasteiger partial charge in [-0.2, -0.15) is 0 Å². The highest BCUT2D eigenvalue weighted by atomic mass is 35.5. The van der Waals surface area contributed by atoms with Gasteiger partial charge in [0.2, 0.25) is 0 Å². The molecule has 0 aromatic carbocycles. The van der Waals surface area contributed by atoms with Crippen molar-refractivity contribution >= 4 is 29.2 Å². The van der Waals surface area contributed by atoms with Crippen LogP contribution in [0.5, 0.6) is 0 Å². The molecule has 2 N–H and O–H groups in total. The average Bonchev–Trinajstić information content (AvgIpc) is 2.43. The number of unbranched alkanes of at least 4 members (excludes halogenated alkanes) is 2. The van der Waals surface area contributed by atoms with Crippen molar-refractivity contribution in [3.63, 3.8) is 0 Å². The SMILES string of the molecule is CCCCCOC[C@H](N)C(=O)OCc1cc(Cl)nc(Cl)c1. The first kappa shape index (κ1) is 18.2. The molecule has 1 aromatic rings. The third-order valence-electron chi connectivity index (χ3n) is 2.70. The molecular formula is C14H20Cl2N2O3. The Bertz CT molecular complexity index is 438. The highest BCUT2D eigenvalue weighted by Gasteiger charge is 2.15. The molecule has 0 bridgehead atoms. The Morgan fingerprint density at radius 1 is 1.33 bits per heavy atom. The van der Waals surface area contributed by atoms with Crippen molar-refractivity contribution in [2.75, 3.05) is 13.2 Å². The van der Waals surface area contributed by atoms with Gasteiger partial charge in [-0.25, -0.2) is 4.98 Å². The standard InChI is InChI=1S/C14H20Cl2N2O3/c1-2-3-4-5-20-9-11(17)14(19)21-8-10-6-12(15)18-13(16)7-10/h6-7,11H,2-5,8-9,17H2,1H3/t11-/m0/s1. The van der Waals surface area contributed by atoms with Crippen LogP contribution in [0.1, 0.15) is 31.7 Å². The van der Waals surface area contributed by atoms with E-state index >= 15 is 0 Å². The Labute approximate surface area is 134 Å². The van der Waals surface area contributed by atoms with E-state index in [0.717, 1.165) is 19.3 Å². The predicted molar refractivity (Wildman–Crippen MR) is 82.4 cm³/mol. The molecule has 7 heteroatoms. The van der Waals surface area contributed by atoms with E-state index in [-0.39, 0.29) is 23.5 Å². The summed E-state index contributed by atoms with van der Waals surface area (Å²) >= 11 is 11.5. The normalized spacial score (nSPS) is 12.2. The summed E-state index contributed by atoms with van der Waals surface area (Å²) in [7, 11) is 0. The first-order valence-electron chi connectivity index (χ1n) is 6.85. The second-order valence-corrected chi connectivity index (χ2v) is 5.39. The number of rotatable bonds is 9. The second kappa shape index (κ2) is 9.95. The van der Waals surface area contributed by atoms with Gasteiger partial charge < -0.3 is 15.2 Å². The zero-order valence-corrected chi connectivity index (χ0v) is 13.5. The van der Waals surface area contributed by atoms with E-state index in [0.29, 0.717) is 12.2 Å². The minimum atomic E-state index is -0.792. The number of esters is 1. The molecule has 0 fully saturated rings. The van der Waals surface area contributed by atoms with Crippen LogP contribution in [0.2, 0.25) is 10.3 Å². The minimum absolute atomic E-state index is 0.0460. The smallest absolute Gasteiger partial charge is 0.325 e. The highest BCUT2D eigenvalue weighted by molar-refractivity contribution is 6.32. The van der Waals surface area contributed by atoms with Gasteiger partial charge >= 0.3 is 5.97 Å². The molecule has 21 heavy (non-hydrogen) atoms. The lowest BCUT2D eigenvalue weighted by atomic mass is 10.3. The maximum atomic E-state index is 11.7. The molecule has 0 radical (unpaired) electrons. The Hall–Kier alpha value is -0.880. The Kier molecular flexibility index (Phi) is 8.61. The van der Waals surface area contributed by atoms with E-state index in [2.05, 4.69) is 11.9 Å². The maximum Gasteiger partial charge on any atom is 0.325 e. The third-order valence-corrected chi connectivity index (χ3v) is 3.08. The summed E-state index contributed by atoms with van der Waals surface area (Å²) in [6.45, 7) is 2.91. The average molecular weight is 335 g/mol. The zero-order chi connectivity index (χ0) is 15.7. The van der Waals surface area contributed by atoms with Crippen LogP contribution in [0.3, 0.4) is 0 Å². The number of hydrogen-bond donors (Lipinski definition) is 1. The summed E-state index contributed by atoms with van der Waals surface area (Å²) in [6.07, 6.45) is 3.18. The molecule has 0 spiro atoms. The maximum absolute atomic E-state index is 11.7. The van der Waals surface area contributed by atoms with Gasteiger partial charge in [0.25, 0.3) is 0 Å². The molecule has 118 valence electrons. The first-order chi connectivity index (χ1) is 10.0. The molecule has 0 saturated carbocycles. The van der Waals surface area contributed by atoms with E-state index in [9.17, 15) is 4.79 Å². The van der Waals surface area contributed by atoms with Gasteiger partial charge in [-0.15, -0.1) is 0 Å². The van der Waals surface area contributed by atoms with Crippen molar-refractivity contribution in [3.05, 3.63) is 28.0 Å². The lowest BCUT2D eigenvalue weighted by molar-refractivity contribution is -0.148. The molecule has 0 aliphatic rings. The van der Waals surface area contributed by atoms with Crippen molar-refractivity contribution in [2.45, 2.75) is 38.8 Å². The number of pyridine rings is 1. The number of nitrogens with two attached hydrogens (primary N) is 1. The third kappa shape index (κ3) is 7.62. The fourth-order valence-corrected chi connectivity index (χ4v) is 2.10. The summed E-state index contributed by atoms with van der Waals surface area (Å²) in [6, 6.07) is 2.36. The first-order valence-corrected chi connectivity index (χ1v) is 7.60. The van der Waals surface area contributed by atoms with E-state index in [1.807, 2.05) is 0 Å². The van der Waals surface area contributed by atoms with Crippen molar-refractivity contribution in [1.82, 2.24) is 4.98 Å². The summed E-state index contributed by atoms with van der Waals surface area (Å²) < 4.78 is 10.4. The van der Waals surface area contributed by atoms with E-state index in [4.69, 9.17) is 38.4 Å². The number of aromatic nitrogens is 1. The van der Waals surface area contributed by atoms with Crippen LogP contribution in [0.15, 0.2) is 12.1 Å². The number of carbonyl (C=O) groups excluding carboxylic acids is 1. The van der Waals surface area contributed by atoms with Crippen LogP contribution in [0.4, 0.5) is 0 Å². The summed E-state index contributed by atoms with van der Waals surface area (Å²) in [5, 5.41) is 0.495. The molecule has 0 saturated heterocycles. The van der Waals surface area contributed by atoms with Crippen LogP contribution in [0, 0.1) is 0 Å². The molecule has 0 aliphatic heterocycles. The predicted octanol–water partition coefficient (Wildman–Crippen LogP) is 2.97. The molecule has 1 atom stereocenters. The van der Waals surface area contributed by atoms with Crippen LogP contribution in [0.25, 0.3) is 0 Å². The highest BCUT2D eigenvalue weighted by Crippen LogP contribution is 2.15. The monoisotopic (exact) mass is 334 g/mol. The van der Waals surface area contributed by atoms with Crippen molar-refractivity contribution in [1.29, 1.82) is 0 Å². The Morgan fingerprint density at radius 3 is 2.62 bits per heavy atom. The van der Waals surface area contributed by atoms with E-state index in [1.54, 1.807) is 12.1 Å².